The second-order valence-corrected chi connectivity index (χ2v) is 6.30. The van der Waals surface area contributed by atoms with Gasteiger partial charge in [-0.25, -0.2) is 0 Å². The van der Waals surface area contributed by atoms with Crippen LogP contribution in [0.25, 0.3) is 0 Å². The summed E-state index contributed by atoms with van der Waals surface area (Å²) in [4.78, 5) is 26.0. The van der Waals surface area contributed by atoms with E-state index < -0.39 is 0 Å². The fraction of sp³-hybridized carbons (Fsp3) is 0.300. The molecule has 0 fully saturated rings. The third-order valence-corrected chi connectivity index (χ3v) is 4.30. The molecule has 2 atom stereocenters. The van der Waals surface area contributed by atoms with E-state index in [-0.39, 0.29) is 36.2 Å². The Kier molecular flexibility index (Phi) is 8.29. The first-order valence-corrected chi connectivity index (χ1v) is 8.35. The predicted octanol–water partition coefficient (Wildman–Crippen LogP) is 3.24. The minimum Gasteiger partial charge on any atom is -0.327 e. The van der Waals surface area contributed by atoms with Gasteiger partial charge in [0.2, 0.25) is 11.8 Å². The molecule has 0 bridgehead atoms. The van der Waals surface area contributed by atoms with Crippen molar-refractivity contribution in [2.75, 3.05) is 17.3 Å². The molecule has 2 rings (SSSR count). The van der Waals surface area contributed by atoms with E-state index in [4.69, 9.17) is 5.73 Å². The van der Waals surface area contributed by atoms with Crippen molar-refractivity contribution >= 4 is 35.6 Å². The number of halogens is 1. The third-order valence-electron chi connectivity index (χ3n) is 4.30. The normalized spacial score (nSPS) is 12.5. The number of benzene rings is 2. The molecule has 0 saturated heterocycles. The van der Waals surface area contributed by atoms with Crippen molar-refractivity contribution in [2.24, 2.45) is 11.7 Å². The average molecular weight is 376 g/mol. The predicted molar refractivity (Wildman–Crippen MR) is 109 cm³/mol. The van der Waals surface area contributed by atoms with Gasteiger partial charge in [-0.05, 0) is 36.8 Å². The number of carbonyl (C=O) groups excluding carboxylic acids is 2. The summed E-state index contributed by atoms with van der Waals surface area (Å²) in [5, 5.41) is 2.84. The number of amides is 2. The van der Waals surface area contributed by atoms with E-state index in [1.807, 2.05) is 49.4 Å². The van der Waals surface area contributed by atoms with Gasteiger partial charge in [0.25, 0.3) is 0 Å². The van der Waals surface area contributed by atoms with Crippen LogP contribution in [0.1, 0.15) is 19.4 Å². The van der Waals surface area contributed by atoms with Gasteiger partial charge in [-0.3, -0.25) is 9.59 Å². The standard InChI is InChI=1S/C20H25N3O2.ClH/c1-14(15(2)21)20(25)22-17-11-9-16(10-12-17)13-19(24)23(3)18-7-5-4-6-8-18;/h4-12,14-15H,13,21H2,1-3H3,(H,22,25);1H. The third kappa shape index (κ3) is 5.86. The number of hydrogen-bond acceptors (Lipinski definition) is 3. The van der Waals surface area contributed by atoms with E-state index in [0.717, 1.165) is 11.3 Å². The minimum absolute atomic E-state index is 0. The zero-order valence-corrected chi connectivity index (χ0v) is 16.1. The largest absolute Gasteiger partial charge is 0.327 e. The Morgan fingerprint density at radius 1 is 1.04 bits per heavy atom. The smallest absolute Gasteiger partial charge is 0.231 e. The van der Waals surface area contributed by atoms with E-state index in [9.17, 15) is 9.59 Å². The Morgan fingerprint density at radius 3 is 2.15 bits per heavy atom. The molecule has 0 aliphatic rings. The molecule has 0 aliphatic carbocycles. The zero-order chi connectivity index (χ0) is 18.4. The maximum absolute atomic E-state index is 12.4. The van der Waals surface area contributed by atoms with Crippen molar-refractivity contribution in [1.82, 2.24) is 0 Å². The lowest BCUT2D eigenvalue weighted by molar-refractivity contribution is -0.120. The van der Waals surface area contributed by atoms with Crippen molar-refractivity contribution in [2.45, 2.75) is 26.3 Å². The van der Waals surface area contributed by atoms with Crippen molar-refractivity contribution in [3.05, 3.63) is 60.2 Å². The first kappa shape index (κ1) is 21.7. The first-order chi connectivity index (χ1) is 11.9. The van der Waals surface area contributed by atoms with E-state index >= 15 is 0 Å². The Labute approximate surface area is 161 Å². The van der Waals surface area contributed by atoms with Crippen LogP contribution in [0.5, 0.6) is 0 Å². The summed E-state index contributed by atoms with van der Waals surface area (Å²) in [5.74, 6) is -0.364. The molecule has 3 N–H and O–H groups in total. The molecule has 6 heteroatoms. The SMILES string of the molecule is CC(N)C(C)C(=O)Nc1ccc(CC(=O)N(C)c2ccccc2)cc1.Cl. The Bertz CT molecular complexity index is 718. The lowest BCUT2D eigenvalue weighted by Gasteiger charge is -2.17. The molecule has 5 nitrogen and oxygen atoms in total. The molecule has 0 aliphatic heterocycles. The molecular formula is C20H26ClN3O2. The number of anilines is 2. The van der Waals surface area contributed by atoms with Gasteiger partial charge >= 0.3 is 0 Å². The van der Waals surface area contributed by atoms with Crippen molar-refractivity contribution < 1.29 is 9.59 Å². The van der Waals surface area contributed by atoms with Crippen LogP contribution in [0.4, 0.5) is 11.4 Å². The van der Waals surface area contributed by atoms with E-state index in [0.29, 0.717) is 12.1 Å². The molecule has 2 aromatic rings. The van der Waals surface area contributed by atoms with Crippen LogP contribution < -0.4 is 16.0 Å². The van der Waals surface area contributed by atoms with Crippen LogP contribution in [0.3, 0.4) is 0 Å². The summed E-state index contributed by atoms with van der Waals surface area (Å²) in [6.07, 6.45) is 0.301. The maximum Gasteiger partial charge on any atom is 0.231 e. The molecular weight excluding hydrogens is 350 g/mol. The molecule has 140 valence electrons. The van der Waals surface area contributed by atoms with Crippen LogP contribution >= 0.6 is 12.4 Å². The van der Waals surface area contributed by atoms with E-state index in [1.54, 1.807) is 31.0 Å². The highest BCUT2D eigenvalue weighted by Crippen LogP contribution is 2.15. The maximum atomic E-state index is 12.4. The fourth-order valence-electron chi connectivity index (χ4n) is 2.29. The molecule has 0 radical (unpaired) electrons. The number of rotatable bonds is 6. The minimum atomic E-state index is -0.263. The monoisotopic (exact) mass is 375 g/mol. The Morgan fingerprint density at radius 2 is 1.62 bits per heavy atom. The van der Waals surface area contributed by atoms with Gasteiger partial charge < -0.3 is 16.0 Å². The van der Waals surface area contributed by atoms with E-state index in [1.165, 1.54) is 0 Å². The van der Waals surface area contributed by atoms with Crippen LogP contribution in [-0.2, 0) is 16.0 Å². The molecule has 0 spiro atoms. The second kappa shape index (κ2) is 9.94. The highest BCUT2D eigenvalue weighted by atomic mass is 35.5. The number of carbonyl (C=O) groups is 2. The number of hydrogen-bond donors (Lipinski definition) is 2. The van der Waals surface area contributed by atoms with Gasteiger partial charge in [-0.15, -0.1) is 12.4 Å². The highest BCUT2D eigenvalue weighted by molar-refractivity contribution is 5.95. The number of para-hydroxylation sites is 1. The van der Waals surface area contributed by atoms with Gasteiger partial charge in [0, 0.05) is 24.5 Å². The van der Waals surface area contributed by atoms with Crippen LogP contribution in [0.2, 0.25) is 0 Å². The highest BCUT2D eigenvalue weighted by Gasteiger charge is 2.17. The zero-order valence-electron chi connectivity index (χ0n) is 15.3. The molecule has 0 saturated carbocycles. The van der Waals surface area contributed by atoms with Gasteiger partial charge in [0.1, 0.15) is 0 Å². The first-order valence-electron chi connectivity index (χ1n) is 8.35. The Hall–Kier alpha value is -2.37. The topological polar surface area (TPSA) is 75.4 Å². The van der Waals surface area contributed by atoms with Gasteiger partial charge in [-0.1, -0.05) is 37.3 Å². The number of nitrogens with one attached hydrogen (secondary N) is 1. The van der Waals surface area contributed by atoms with Gasteiger partial charge in [-0.2, -0.15) is 0 Å². The Balaban J connectivity index is 0.00000338. The summed E-state index contributed by atoms with van der Waals surface area (Å²) in [5.41, 5.74) is 8.20. The van der Waals surface area contributed by atoms with Crippen molar-refractivity contribution in [3.8, 4) is 0 Å². The fourth-order valence-corrected chi connectivity index (χ4v) is 2.29. The summed E-state index contributed by atoms with van der Waals surface area (Å²) in [6, 6.07) is 16.6. The second-order valence-electron chi connectivity index (χ2n) is 6.30. The lowest BCUT2D eigenvalue weighted by Crippen LogP contribution is -2.34. The quantitative estimate of drug-likeness (QED) is 0.813. The average Bonchev–Trinajstić information content (AvgIpc) is 2.62. The van der Waals surface area contributed by atoms with Crippen molar-refractivity contribution in [3.63, 3.8) is 0 Å². The van der Waals surface area contributed by atoms with Crippen LogP contribution in [0, 0.1) is 5.92 Å². The molecule has 2 aromatic carbocycles. The molecule has 26 heavy (non-hydrogen) atoms. The number of nitrogens with zero attached hydrogens (tertiary/aromatic N) is 1. The molecule has 2 unspecified atom stereocenters. The van der Waals surface area contributed by atoms with Crippen LogP contribution in [0.15, 0.2) is 54.6 Å². The van der Waals surface area contributed by atoms with E-state index in [2.05, 4.69) is 5.32 Å². The van der Waals surface area contributed by atoms with Crippen molar-refractivity contribution in [1.29, 1.82) is 0 Å². The summed E-state index contributed by atoms with van der Waals surface area (Å²) >= 11 is 0. The summed E-state index contributed by atoms with van der Waals surface area (Å²) in [6.45, 7) is 3.61. The molecule has 0 heterocycles. The lowest BCUT2D eigenvalue weighted by atomic mass is 10.0. The van der Waals surface area contributed by atoms with Crippen LogP contribution in [-0.4, -0.2) is 24.9 Å². The van der Waals surface area contributed by atoms with Gasteiger partial charge in [0.15, 0.2) is 0 Å². The molecule has 0 aromatic heterocycles. The number of likely N-dealkylation sites (N-methyl/N-ethyl adjacent to an activating group) is 1. The number of nitrogens with two attached hydrogens (primary N) is 1. The summed E-state index contributed by atoms with van der Waals surface area (Å²) in [7, 11) is 1.77. The molecule has 2 amide bonds. The van der Waals surface area contributed by atoms with Gasteiger partial charge in [0.05, 0.1) is 12.3 Å². The summed E-state index contributed by atoms with van der Waals surface area (Å²) < 4.78 is 0.